The standard InChI is InChI=1S/C27H28N10O4S/c28-13-18-17(2-1-3-19(18)29)23-32-20-12-21(42-22(20)24(33-23)35-8-10-41-11-9-35)26(39)36-4-6-37(7-5-36)27-30-14-16(15-31-27)25(38)34-40/h1-3,12-15,28,40H,4-11,29H2,(H,34,38). The molecule has 5 N–H and O–H groups in total. The van der Waals surface area contributed by atoms with Crippen LogP contribution >= 0.6 is 11.3 Å². The molecule has 5 heterocycles. The Hall–Kier alpha value is -4.73. The summed E-state index contributed by atoms with van der Waals surface area (Å²) < 4.78 is 6.38. The number of carbonyl (C=O) groups is 2. The molecule has 2 saturated heterocycles. The van der Waals surface area contributed by atoms with Gasteiger partial charge >= 0.3 is 0 Å². The molecule has 3 aromatic heterocycles. The molecule has 0 atom stereocenters. The number of nitrogens with two attached hydrogens (primary N) is 1. The zero-order valence-electron chi connectivity index (χ0n) is 22.5. The maximum Gasteiger partial charge on any atom is 0.277 e. The van der Waals surface area contributed by atoms with Gasteiger partial charge in [-0.2, -0.15) is 0 Å². The van der Waals surface area contributed by atoms with E-state index in [1.807, 2.05) is 23.1 Å². The van der Waals surface area contributed by atoms with Crippen molar-refractivity contribution in [3.8, 4) is 11.4 Å². The third-order valence-corrected chi connectivity index (χ3v) is 8.36. The summed E-state index contributed by atoms with van der Waals surface area (Å²) in [4.78, 5) is 49.8. The summed E-state index contributed by atoms with van der Waals surface area (Å²) in [6.45, 7) is 4.46. The van der Waals surface area contributed by atoms with Crippen LogP contribution in [0, 0.1) is 5.41 Å². The number of morpholine rings is 1. The van der Waals surface area contributed by atoms with Crippen LogP contribution in [0.4, 0.5) is 17.5 Å². The molecule has 42 heavy (non-hydrogen) atoms. The second kappa shape index (κ2) is 11.6. The van der Waals surface area contributed by atoms with Gasteiger partial charge in [0.2, 0.25) is 5.95 Å². The Morgan fingerprint density at radius 2 is 1.79 bits per heavy atom. The molecule has 0 radical (unpaired) electrons. The summed E-state index contributed by atoms with van der Waals surface area (Å²) in [7, 11) is 0. The molecule has 2 aliphatic rings. The molecule has 1 aromatic carbocycles. The number of amides is 2. The maximum absolute atomic E-state index is 13.6. The highest BCUT2D eigenvalue weighted by molar-refractivity contribution is 7.21. The first-order chi connectivity index (χ1) is 20.5. The highest BCUT2D eigenvalue weighted by Crippen LogP contribution is 2.36. The average molecular weight is 589 g/mol. The molecular weight excluding hydrogens is 560 g/mol. The second-order valence-electron chi connectivity index (χ2n) is 9.74. The molecule has 4 aromatic rings. The van der Waals surface area contributed by atoms with Crippen molar-refractivity contribution >= 4 is 57.0 Å². The lowest BCUT2D eigenvalue weighted by molar-refractivity contribution is 0.0704. The molecule has 2 fully saturated rings. The molecule has 15 heteroatoms. The highest BCUT2D eigenvalue weighted by atomic mass is 32.1. The van der Waals surface area contributed by atoms with Crippen LogP contribution in [0.1, 0.15) is 25.6 Å². The number of hydroxylamine groups is 1. The van der Waals surface area contributed by atoms with Gasteiger partial charge in [-0.25, -0.2) is 25.4 Å². The van der Waals surface area contributed by atoms with E-state index in [9.17, 15) is 9.59 Å². The second-order valence-corrected chi connectivity index (χ2v) is 10.8. The minimum Gasteiger partial charge on any atom is -0.398 e. The van der Waals surface area contributed by atoms with E-state index in [-0.39, 0.29) is 11.5 Å². The molecule has 2 amide bonds. The van der Waals surface area contributed by atoms with Crippen molar-refractivity contribution in [2.45, 2.75) is 0 Å². The predicted molar refractivity (Wildman–Crippen MR) is 158 cm³/mol. The molecule has 0 spiro atoms. The predicted octanol–water partition coefficient (Wildman–Crippen LogP) is 1.65. The Balaban J connectivity index is 1.27. The number of aromatic nitrogens is 4. The van der Waals surface area contributed by atoms with Crippen LogP contribution in [-0.4, -0.2) is 101 Å². The summed E-state index contributed by atoms with van der Waals surface area (Å²) >= 11 is 1.38. The number of benzene rings is 1. The van der Waals surface area contributed by atoms with E-state index in [1.165, 1.54) is 29.9 Å². The first-order valence-corrected chi connectivity index (χ1v) is 14.1. The van der Waals surface area contributed by atoms with Gasteiger partial charge in [-0.05, 0) is 12.1 Å². The van der Waals surface area contributed by atoms with Crippen LogP contribution in [0.2, 0.25) is 0 Å². The van der Waals surface area contributed by atoms with Crippen molar-refractivity contribution in [1.82, 2.24) is 30.3 Å². The summed E-state index contributed by atoms with van der Waals surface area (Å²) in [5.41, 5.74) is 10.2. The number of piperazine rings is 1. The van der Waals surface area contributed by atoms with Crippen LogP contribution in [-0.2, 0) is 4.74 Å². The van der Waals surface area contributed by atoms with Crippen LogP contribution in [0.3, 0.4) is 0 Å². The number of carbonyl (C=O) groups excluding carboxylic acids is 2. The van der Waals surface area contributed by atoms with Crippen molar-refractivity contribution in [2.75, 3.05) is 68.0 Å². The summed E-state index contributed by atoms with van der Waals surface area (Å²) in [5.74, 6) is 0.857. The third kappa shape index (κ3) is 5.20. The number of ether oxygens (including phenoxy) is 1. The monoisotopic (exact) mass is 588 g/mol. The molecule has 0 unspecified atom stereocenters. The molecular formula is C27H28N10O4S. The molecule has 14 nitrogen and oxygen atoms in total. The topological polar surface area (TPSA) is 187 Å². The first kappa shape index (κ1) is 27.4. The fourth-order valence-corrected chi connectivity index (χ4v) is 6.08. The van der Waals surface area contributed by atoms with Gasteiger partial charge in [0.05, 0.1) is 33.9 Å². The number of nitrogen functional groups attached to an aromatic ring is 1. The number of thiophene rings is 1. The van der Waals surface area contributed by atoms with Crippen LogP contribution < -0.4 is 21.0 Å². The van der Waals surface area contributed by atoms with Gasteiger partial charge in [0.15, 0.2) is 11.6 Å². The molecule has 6 rings (SSSR count). The van der Waals surface area contributed by atoms with Crippen LogP contribution in [0.25, 0.3) is 21.6 Å². The lowest BCUT2D eigenvalue weighted by Gasteiger charge is -2.34. The van der Waals surface area contributed by atoms with Crippen molar-refractivity contribution in [1.29, 1.82) is 5.41 Å². The molecule has 0 saturated carbocycles. The lowest BCUT2D eigenvalue weighted by Crippen LogP contribution is -2.49. The summed E-state index contributed by atoms with van der Waals surface area (Å²) in [6, 6.07) is 7.21. The molecule has 0 bridgehead atoms. The number of fused-ring (bicyclic) bond motifs is 1. The van der Waals surface area contributed by atoms with E-state index in [4.69, 9.17) is 31.1 Å². The maximum atomic E-state index is 13.6. The van der Waals surface area contributed by atoms with E-state index in [1.54, 1.807) is 16.4 Å². The summed E-state index contributed by atoms with van der Waals surface area (Å²) in [5, 5.41) is 16.7. The summed E-state index contributed by atoms with van der Waals surface area (Å²) in [6.07, 6.45) is 3.90. The van der Waals surface area contributed by atoms with Gasteiger partial charge in [0, 0.05) is 74.7 Å². The zero-order chi connectivity index (χ0) is 29.2. The van der Waals surface area contributed by atoms with Gasteiger partial charge in [0.1, 0.15) is 0 Å². The fourth-order valence-electron chi connectivity index (χ4n) is 5.00. The third-order valence-electron chi connectivity index (χ3n) is 7.25. The Morgan fingerprint density at radius 1 is 1.05 bits per heavy atom. The van der Waals surface area contributed by atoms with Gasteiger partial charge in [-0.1, -0.05) is 12.1 Å². The van der Waals surface area contributed by atoms with E-state index in [0.29, 0.717) is 91.5 Å². The minimum atomic E-state index is -0.683. The molecule has 2 aliphatic heterocycles. The van der Waals surface area contributed by atoms with Gasteiger partial charge < -0.3 is 30.6 Å². The van der Waals surface area contributed by atoms with E-state index in [2.05, 4.69) is 14.9 Å². The van der Waals surface area contributed by atoms with Gasteiger partial charge in [-0.3, -0.25) is 14.8 Å². The Kier molecular flexibility index (Phi) is 7.60. The molecule has 0 aliphatic carbocycles. The van der Waals surface area contributed by atoms with Crippen molar-refractivity contribution < 1.29 is 19.5 Å². The van der Waals surface area contributed by atoms with E-state index >= 15 is 0 Å². The van der Waals surface area contributed by atoms with Crippen molar-refractivity contribution in [3.05, 3.63) is 52.7 Å². The largest absolute Gasteiger partial charge is 0.398 e. The van der Waals surface area contributed by atoms with Gasteiger partial charge in [0.25, 0.3) is 11.8 Å². The Labute approximate surface area is 244 Å². The van der Waals surface area contributed by atoms with Crippen LogP contribution in [0.15, 0.2) is 36.7 Å². The minimum absolute atomic E-state index is 0.0906. The Morgan fingerprint density at radius 3 is 2.48 bits per heavy atom. The Bertz CT molecular complexity index is 1650. The number of hydrogen-bond donors (Lipinski definition) is 4. The lowest BCUT2D eigenvalue weighted by atomic mass is 10.1. The number of hydrogen-bond acceptors (Lipinski definition) is 13. The van der Waals surface area contributed by atoms with Crippen molar-refractivity contribution in [3.63, 3.8) is 0 Å². The van der Waals surface area contributed by atoms with Crippen LogP contribution in [0.5, 0.6) is 0 Å². The van der Waals surface area contributed by atoms with Gasteiger partial charge in [-0.15, -0.1) is 11.3 Å². The molecule has 216 valence electrons. The first-order valence-electron chi connectivity index (χ1n) is 13.3. The zero-order valence-corrected chi connectivity index (χ0v) is 23.3. The smallest absolute Gasteiger partial charge is 0.277 e. The van der Waals surface area contributed by atoms with E-state index in [0.717, 1.165) is 10.5 Å². The normalized spacial score (nSPS) is 15.6. The van der Waals surface area contributed by atoms with E-state index < -0.39 is 5.91 Å². The number of anilines is 3. The highest BCUT2D eigenvalue weighted by Gasteiger charge is 2.27. The quantitative estimate of drug-likeness (QED) is 0.111. The SMILES string of the molecule is N=Cc1c(N)cccc1-c1nc(N2CCOCC2)c2sc(C(=O)N3CCN(c4ncc(C(=O)NO)cn4)CC3)cc2n1. The average Bonchev–Trinajstić information content (AvgIpc) is 3.48. The van der Waals surface area contributed by atoms with Crippen molar-refractivity contribution in [2.24, 2.45) is 0 Å². The number of rotatable bonds is 6. The number of nitrogens with zero attached hydrogens (tertiary/aromatic N) is 7. The number of nitrogens with one attached hydrogen (secondary N) is 2. The fraction of sp³-hybridized carbons (Fsp3) is 0.296.